The van der Waals surface area contributed by atoms with E-state index in [0.717, 1.165) is 30.2 Å². The molecule has 2 bridgehead atoms. The fraction of sp³-hybridized carbons (Fsp3) is 0.588. The van der Waals surface area contributed by atoms with E-state index >= 15 is 0 Å². The van der Waals surface area contributed by atoms with Crippen LogP contribution in [-0.2, 0) is 6.42 Å². The zero-order valence-electron chi connectivity index (χ0n) is 11.5. The first-order valence-corrected chi connectivity index (χ1v) is 7.58. The summed E-state index contributed by atoms with van der Waals surface area (Å²) in [5, 5.41) is 0. The van der Waals surface area contributed by atoms with Crippen LogP contribution in [0.15, 0.2) is 24.3 Å². The number of carbonyl (C=O) groups excluding carboxylic acids is 1. The second-order valence-corrected chi connectivity index (χ2v) is 6.30. The normalized spacial score (nSPS) is 28.8. The van der Waals surface area contributed by atoms with Crippen molar-refractivity contribution >= 4 is 5.78 Å². The minimum Gasteiger partial charge on any atom is -0.330 e. The molecule has 0 radical (unpaired) electrons. The van der Waals surface area contributed by atoms with Crippen molar-refractivity contribution in [2.45, 2.75) is 38.5 Å². The molecule has 19 heavy (non-hydrogen) atoms. The Kier molecular flexibility index (Phi) is 3.69. The smallest absolute Gasteiger partial charge is 0.163 e. The van der Waals surface area contributed by atoms with Gasteiger partial charge in [-0.3, -0.25) is 4.79 Å². The van der Waals surface area contributed by atoms with Crippen LogP contribution in [0, 0.1) is 17.8 Å². The monoisotopic (exact) mass is 257 g/mol. The van der Waals surface area contributed by atoms with Gasteiger partial charge < -0.3 is 5.73 Å². The van der Waals surface area contributed by atoms with Gasteiger partial charge in [-0.2, -0.15) is 0 Å². The molecule has 3 rings (SSSR count). The van der Waals surface area contributed by atoms with Gasteiger partial charge in [0, 0.05) is 12.0 Å². The van der Waals surface area contributed by atoms with Gasteiger partial charge >= 0.3 is 0 Å². The maximum atomic E-state index is 12.3. The number of Topliss-reactive ketones (excluding diaryl/α,β-unsaturated/α-hetero) is 1. The molecular formula is C17H23NO. The van der Waals surface area contributed by atoms with Crippen molar-refractivity contribution in [1.82, 2.24) is 0 Å². The van der Waals surface area contributed by atoms with Crippen molar-refractivity contribution in [2.75, 3.05) is 6.54 Å². The van der Waals surface area contributed by atoms with Crippen LogP contribution in [-0.4, -0.2) is 12.3 Å². The molecule has 3 atom stereocenters. The Morgan fingerprint density at radius 1 is 1.16 bits per heavy atom. The highest BCUT2D eigenvalue weighted by Crippen LogP contribution is 2.49. The number of benzene rings is 1. The van der Waals surface area contributed by atoms with Gasteiger partial charge in [-0.1, -0.05) is 30.7 Å². The van der Waals surface area contributed by atoms with Gasteiger partial charge in [0.25, 0.3) is 0 Å². The van der Waals surface area contributed by atoms with Crippen molar-refractivity contribution in [3.05, 3.63) is 35.4 Å². The van der Waals surface area contributed by atoms with Gasteiger partial charge in [0.05, 0.1) is 0 Å². The van der Waals surface area contributed by atoms with Gasteiger partial charge in [0.2, 0.25) is 0 Å². The Morgan fingerprint density at radius 3 is 2.53 bits per heavy atom. The van der Waals surface area contributed by atoms with Crippen LogP contribution in [0.1, 0.15) is 48.0 Å². The van der Waals surface area contributed by atoms with Crippen LogP contribution < -0.4 is 5.73 Å². The minimum absolute atomic E-state index is 0.330. The van der Waals surface area contributed by atoms with Gasteiger partial charge in [0.1, 0.15) is 0 Å². The minimum atomic E-state index is 0.330. The first-order chi connectivity index (χ1) is 9.26. The van der Waals surface area contributed by atoms with Gasteiger partial charge in [-0.15, -0.1) is 0 Å². The molecule has 2 aliphatic carbocycles. The number of nitrogens with two attached hydrogens (primary N) is 1. The summed E-state index contributed by atoms with van der Waals surface area (Å²) in [5.41, 5.74) is 7.63. The molecule has 1 aromatic carbocycles. The molecule has 3 unspecified atom stereocenters. The lowest BCUT2D eigenvalue weighted by Crippen LogP contribution is -2.15. The van der Waals surface area contributed by atoms with Gasteiger partial charge in [-0.25, -0.2) is 0 Å². The molecule has 2 saturated carbocycles. The third kappa shape index (κ3) is 2.74. The average molecular weight is 257 g/mol. The highest BCUT2D eigenvalue weighted by Gasteiger charge is 2.40. The van der Waals surface area contributed by atoms with E-state index in [9.17, 15) is 4.79 Å². The lowest BCUT2D eigenvalue weighted by Gasteiger charge is -2.20. The van der Waals surface area contributed by atoms with Crippen LogP contribution in [0.3, 0.4) is 0 Å². The molecule has 0 aliphatic heterocycles. The van der Waals surface area contributed by atoms with E-state index in [-0.39, 0.29) is 0 Å². The second kappa shape index (κ2) is 5.46. The Labute approximate surface area is 115 Å². The fourth-order valence-corrected chi connectivity index (χ4v) is 4.01. The topological polar surface area (TPSA) is 43.1 Å². The highest BCUT2D eigenvalue weighted by molar-refractivity contribution is 5.96. The lowest BCUT2D eigenvalue weighted by molar-refractivity contribution is 0.0944. The van der Waals surface area contributed by atoms with E-state index in [4.69, 9.17) is 5.73 Å². The summed E-state index contributed by atoms with van der Waals surface area (Å²) in [7, 11) is 0. The summed E-state index contributed by atoms with van der Waals surface area (Å²) in [6.07, 6.45) is 7.09. The van der Waals surface area contributed by atoms with Crippen molar-refractivity contribution in [1.29, 1.82) is 0 Å². The Hall–Kier alpha value is -1.15. The summed E-state index contributed by atoms with van der Waals surface area (Å²) in [6, 6.07) is 8.03. The van der Waals surface area contributed by atoms with E-state index in [1.807, 2.05) is 24.3 Å². The Balaban J connectivity index is 1.60. The molecule has 2 fully saturated rings. The van der Waals surface area contributed by atoms with E-state index in [2.05, 4.69) is 0 Å². The van der Waals surface area contributed by atoms with E-state index in [1.165, 1.54) is 31.2 Å². The molecular weight excluding hydrogens is 234 g/mol. The lowest BCUT2D eigenvalue weighted by atomic mass is 9.84. The molecule has 2 aliphatic rings. The molecule has 0 amide bonds. The molecule has 0 aromatic heterocycles. The van der Waals surface area contributed by atoms with Crippen LogP contribution in [0.25, 0.3) is 0 Å². The molecule has 2 N–H and O–H groups in total. The SMILES string of the molecule is NCCc1ccc(C(=O)CC2CC3CCC2C3)cc1. The molecule has 0 saturated heterocycles. The average Bonchev–Trinajstić information content (AvgIpc) is 3.02. The van der Waals surface area contributed by atoms with Crippen molar-refractivity contribution in [3.8, 4) is 0 Å². The number of hydrogen-bond donors (Lipinski definition) is 1. The Morgan fingerprint density at radius 2 is 1.95 bits per heavy atom. The van der Waals surface area contributed by atoms with Gasteiger partial charge in [-0.05, 0) is 55.5 Å². The molecule has 102 valence electrons. The van der Waals surface area contributed by atoms with Crippen molar-refractivity contribution < 1.29 is 4.79 Å². The van der Waals surface area contributed by atoms with E-state index in [0.29, 0.717) is 18.2 Å². The predicted octanol–water partition coefficient (Wildman–Crippen LogP) is 3.20. The molecule has 0 spiro atoms. The van der Waals surface area contributed by atoms with E-state index < -0.39 is 0 Å². The fourth-order valence-electron chi connectivity index (χ4n) is 4.01. The summed E-state index contributed by atoms with van der Waals surface area (Å²) in [6.45, 7) is 0.665. The molecule has 0 heterocycles. The predicted molar refractivity (Wildman–Crippen MR) is 77.1 cm³/mol. The zero-order valence-corrected chi connectivity index (χ0v) is 11.5. The second-order valence-electron chi connectivity index (χ2n) is 6.30. The Bertz CT molecular complexity index is 451. The third-order valence-electron chi connectivity index (χ3n) is 5.04. The third-order valence-corrected chi connectivity index (χ3v) is 5.04. The first-order valence-electron chi connectivity index (χ1n) is 7.58. The van der Waals surface area contributed by atoms with Crippen LogP contribution in [0.4, 0.5) is 0 Å². The number of fused-ring (bicyclic) bond motifs is 2. The number of carbonyl (C=O) groups is 1. The van der Waals surface area contributed by atoms with Crippen LogP contribution in [0.2, 0.25) is 0 Å². The number of ketones is 1. The summed E-state index contributed by atoms with van der Waals surface area (Å²) >= 11 is 0. The zero-order chi connectivity index (χ0) is 13.2. The molecule has 1 aromatic rings. The highest BCUT2D eigenvalue weighted by atomic mass is 16.1. The van der Waals surface area contributed by atoms with Crippen LogP contribution >= 0.6 is 0 Å². The first kappa shape index (κ1) is 12.9. The largest absolute Gasteiger partial charge is 0.330 e. The quantitative estimate of drug-likeness (QED) is 0.823. The summed E-state index contributed by atoms with van der Waals surface area (Å²) in [4.78, 5) is 12.3. The summed E-state index contributed by atoms with van der Waals surface area (Å²) < 4.78 is 0. The maximum Gasteiger partial charge on any atom is 0.163 e. The van der Waals surface area contributed by atoms with Crippen LogP contribution in [0.5, 0.6) is 0 Å². The number of rotatable bonds is 5. The maximum absolute atomic E-state index is 12.3. The van der Waals surface area contributed by atoms with Gasteiger partial charge in [0.15, 0.2) is 5.78 Å². The summed E-state index contributed by atoms with van der Waals surface area (Å²) in [5.74, 6) is 2.76. The van der Waals surface area contributed by atoms with Crippen molar-refractivity contribution in [2.24, 2.45) is 23.5 Å². The van der Waals surface area contributed by atoms with E-state index in [1.54, 1.807) is 0 Å². The van der Waals surface area contributed by atoms with Crippen molar-refractivity contribution in [3.63, 3.8) is 0 Å². The number of hydrogen-bond acceptors (Lipinski definition) is 2. The standard InChI is InChI=1S/C17H23NO/c18-8-7-12-1-4-14(5-2-12)17(19)11-16-10-13-3-6-15(16)9-13/h1-2,4-5,13,15-16H,3,6-11,18H2. The molecule has 2 heteroatoms. The molecule has 2 nitrogen and oxygen atoms in total.